The van der Waals surface area contributed by atoms with Crippen LogP contribution in [0.5, 0.6) is 5.75 Å². The summed E-state index contributed by atoms with van der Waals surface area (Å²) in [5.74, 6) is 0.925. The van der Waals surface area contributed by atoms with E-state index in [1.807, 2.05) is 35.7 Å². The average Bonchev–Trinajstić information content (AvgIpc) is 3.46. The molecule has 142 valence electrons. The first-order valence-corrected chi connectivity index (χ1v) is 10.3. The summed E-state index contributed by atoms with van der Waals surface area (Å²) >= 11 is 1.48. The Morgan fingerprint density at radius 3 is 2.81 bits per heavy atom. The highest BCUT2D eigenvalue weighted by atomic mass is 32.1. The van der Waals surface area contributed by atoms with Gasteiger partial charge in [-0.3, -0.25) is 9.59 Å². The summed E-state index contributed by atoms with van der Waals surface area (Å²) < 4.78 is 5.54. The first-order chi connectivity index (χ1) is 13.2. The van der Waals surface area contributed by atoms with Gasteiger partial charge in [-0.2, -0.15) is 0 Å². The number of rotatable bonds is 6. The summed E-state index contributed by atoms with van der Waals surface area (Å²) in [5.41, 5.74) is 1.09. The molecule has 4 rings (SSSR count). The Hall–Kier alpha value is -2.41. The lowest BCUT2D eigenvalue weighted by Gasteiger charge is -2.31. The van der Waals surface area contributed by atoms with Crippen LogP contribution in [0.25, 0.3) is 0 Å². The molecule has 1 aromatic heterocycles. The highest BCUT2D eigenvalue weighted by molar-refractivity contribution is 7.13. The molecule has 0 spiro atoms. The summed E-state index contributed by atoms with van der Waals surface area (Å²) in [7, 11) is 0. The normalized spacial score (nSPS) is 19.6. The lowest BCUT2D eigenvalue weighted by molar-refractivity contribution is -0.136. The van der Waals surface area contributed by atoms with Gasteiger partial charge in [0.1, 0.15) is 5.75 Å². The highest BCUT2D eigenvalue weighted by Crippen LogP contribution is 2.40. The van der Waals surface area contributed by atoms with Gasteiger partial charge in [0.05, 0.1) is 11.6 Å². The summed E-state index contributed by atoms with van der Waals surface area (Å²) in [5, 5.41) is 5.63. The predicted octanol–water partition coefficient (Wildman–Crippen LogP) is 3.28. The van der Waals surface area contributed by atoms with E-state index in [0.29, 0.717) is 29.9 Å². The summed E-state index contributed by atoms with van der Waals surface area (Å²) in [4.78, 5) is 31.3. The molecule has 2 amide bonds. The number of para-hydroxylation sites is 1. The Morgan fingerprint density at radius 2 is 2.04 bits per heavy atom. The van der Waals surface area contributed by atoms with Crippen LogP contribution in [0.2, 0.25) is 0 Å². The zero-order valence-electron chi connectivity index (χ0n) is 15.1. The quantitative estimate of drug-likeness (QED) is 0.828. The molecule has 2 aliphatic rings. The van der Waals surface area contributed by atoms with Crippen molar-refractivity contribution in [1.82, 2.24) is 9.88 Å². The largest absolute Gasteiger partial charge is 0.484 e. The molecular weight excluding hydrogens is 362 g/mol. The van der Waals surface area contributed by atoms with Crippen molar-refractivity contribution in [3.05, 3.63) is 41.4 Å². The predicted molar refractivity (Wildman–Crippen MR) is 104 cm³/mol. The highest BCUT2D eigenvalue weighted by Gasteiger charge is 2.30. The number of likely N-dealkylation sites (tertiary alicyclic amines) is 1. The molecule has 27 heavy (non-hydrogen) atoms. The zero-order valence-corrected chi connectivity index (χ0v) is 15.9. The van der Waals surface area contributed by atoms with E-state index in [0.717, 1.165) is 18.5 Å². The number of ether oxygens (including phenoxy) is 1. The van der Waals surface area contributed by atoms with E-state index in [9.17, 15) is 9.59 Å². The number of benzene rings is 1. The van der Waals surface area contributed by atoms with Crippen molar-refractivity contribution in [2.24, 2.45) is 5.92 Å². The maximum Gasteiger partial charge on any atom is 0.260 e. The maximum atomic E-state index is 12.6. The molecule has 0 bridgehead atoms. The van der Waals surface area contributed by atoms with Crippen LogP contribution in [0, 0.1) is 5.92 Å². The van der Waals surface area contributed by atoms with Crippen LogP contribution in [0.1, 0.15) is 37.3 Å². The van der Waals surface area contributed by atoms with Gasteiger partial charge in [0.2, 0.25) is 5.91 Å². The topological polar surface area (TPSA) is 71.5 Å². The molecule has 2 fully saturated rings. The monoisotopic (exact) mass is 385 g/mol. The van der Waals surface area contributed by atoms with E-state index in [1.54, 1.807) is 4.90 Å². The Labute approximate surface area is 162 Å². The molecule has 1 aliphatic carbocycles. The molecule has 1 aromatic carbocycles. The molecule has 1 atom stereocenters. The summed E-state index contributed by atoms with van der Waals surface area (Å²) in [6.45, 7) is 1.10. The molecule has 1 N–H and O–H groups in total. The number of anilines is 1. The number of thiazole rings is 1. The molecule has 1 saturated carbocycles. The average molecular weight is 385 g/mol. The minimum Gasteiger partial charge on any atom is -0.484 e. The minimum atomic E-state index is -0.201. The number of carbonyl (C=O) groups excluding carboxylic acids is 2. The van der Waals surface area contributed by atoms with Gasteiger partial charge >= 0.3 is 0 Å². The summed E-state index contributed by atoms with van der Waals surface area (Å²) in [6, 6.07) is 9.29. The first kappa shape index (κ1) is 18.0. The van der Waals surface area contributed by atoms with Crippen molar-refractivity contribution in [1.29, 1.82) is 0 Å². The summed E-state index contributed by atoms with van der Waals surface area (Å²) in [6.07, 6.45) is 4.00. The lowest BCUT2D eigenvalue weighted by Crippen LogP contribution is -2.45. The second-order valence-corrected chi connectivity index (χ2v) is 7.98. The third-order valence-corrected chi connectivity index (χ3v) is 5.77. The molecule has 2 aromatic rings. The minimum absolute atomic E-state index is 0.00438. The van der Waals surface area contributed by atoms with Gasteiger partial charge in [-0.25, -0.2) is 4.98 Å². The number of nitrogens with zero attached hydrogens (tertiary/aromatic N) is 2. The number of carbonyl (C=O) groups is 2. The van der Waals surface area contributed by atoms with Crippen molar-refractivity contribution < 1.29 is 14.3 Å². The number of nitrogens with one attached hydrogen (secondary N) is 1. The number of hydrogen-bond acceptors (Lipinski definition) is 5. The van der Waals surface area contributed by atoms with Gasteiger partial charge in [-0.05, 0) is 37.8 Å². The van der Waals surface area contributed by atoms with Crippen molar-refractivity contribution in [3.63, 3.8) is 0 Å². The van der Waals surface area contributed by atoms with Crippen LogP contribution < -0.4 is 10.1 Å². The molecule has 0 radical (unpaired) electrons. The van der Waals surface area contributed by atoms with Crippen LogP contribution in [-0.2, 0) is 9.59 Å². The fraction of sp³-hybridized carbons (Fsp3) is 0.450. The van der Waals surface area contributed by atoms with Crippen LogP contribution in [-0.4, -0.2) is 41.4 Å². The van der Waals surface area contributed by atoms with E-state index < -0.39 is 0 Å². The SMILES string of the molecule is O=C(Nc1nc(C2CC2)cs1)[C@@H]1CCCN(C(=O)COc2ccccc2)C1. The molecule has 6 nitrogen and oxygen atoms in total. The Morgan fingerprint density at radius 1 is 1.22 bits per heavy atom. The molecule has 1 saturated heterocycles. The van der Waals surface area contributed by atoms with Crippen LogP contribution in [0.4, 0.5) is 5.13 Å². The second-order valence-electron chi connectivity index (χ2n) is 7.12. The van der Waals surface area contributed by atoms with Crippen molar-refractivity contribution >= 4 is 28.3 Å². The van der Waals surface area contributed by atoms with E-state index in [4.69, 9.17) is 4.74 Å². The van der Waals surface area contributed by atoms with Gasteiger partial charge in [0, 0.05) is 24.4 Å². The standard InChI is InChI=1S/C20H23N3O3S/c24-18(12-26-16-6-2-1-3-7-16)23-10-4-5-15(11-23)19(25)22-20-21-17(13-27-20)14-8-9-14/h1-3,6-7,13-15H,4-5,8-12H2,(H,21,22,25)/t15-/m1/s1. The van der Waals surface area contributed by atoms with Crippen molar-refractivity contribution in [2.45, 2.75) is 31.6 Å². The van der Waals surface area contributed by atoms with Gasteiger partial charge in [-0.15, -0.1) is 11.3 Å². The third-order valence-electron chi connectivity index (χ3n) is 5.00. The van der Waals surface area contributed by atoms with Crippen molar-refractivity contribution in [3.8, 4) is 5.75 Å². The smallest absolute Gasteiger partial charge is 0.260 e. The van der Waals surface area contributed by atoms with E-state index >= 15 is 0 Å². The van der Waals surface area contributed by atoms with Gasteiger partial charge in [-0.1, -0.05) is 18.2 Å². The fourth-order valence-corrected chi connectivity index (χ4v) is 4.08. The van der Waals surface area contributed by atoms with Crippen LogP contribution in [0.15, 0.2) is 35.7 Å². The molecule has 1 aliphatic heterocycles. The lowest BCUT2D eigenvalue weighted by atomic mass is 9.97. The van der Waals surface area contributed by atoms with Gasteiger partial charge < -0.3 is 15.0 Å². The van der Waals surface area contributed by atoms with Gasteiger partial charge in [0.25, 0.3) is 5.91 Å². The van der Waals surface area contributed by atoms with Crippen LogP contribution >= 0.6 is 11.3 Å². The number of aromatic nitrogens is 1. The Kier molecular flexibility index (Phi) is 5.38. The maximum absolute atomic E-state index is 12.6. The zero-order chi connectivity index (χ0) is 18.6. The Bertz CT molecular complexity index is 804. The van der Waals surface area contributed by atoms with Gasteiger partial charge in [0.15, 0.2) is 11.7 Å². The number of piperidine rings is 1. The second kappa shape index (κ2) is 8.08. The molecule has 7 heteroatoms. The molecular formula is C20H23N3O3S. The number of hydrogen-bond donors (Lipinski definition) is 1. The fourth-order valence-electron chi connectivity index (χ4n) is 3.29. The van der Waals surface area contributed by atoms with Crippen LogP contribution in [0.3, 0.4) is 0 Å². The van der Waals surface area contributed by atoms with E-state index in [-0.39, 0.29) is 24.3 Å². The number of amides is 2. The van der Waals surface area contributed by atoms with Crippen molar-refractivity contribution in [2.75, 3.05) is 25.0 Å². The third kappa shape index (κ3) is 4.66. The first-order valence-electron chi connectivity index (χ1n) is 9.41. The Balaban J connectivity index is 1.28. The molecule has 2 heterocycles. The molecule has 0 unspecified atom stereocenters. The van der Waals surface area contributed by atoms with E-state index in [1.165, 1.54) is 24.2 Å². The van der Waals surface area contributed by atoms with E-state index in [2.05, 4.69) is 10.3 Å².